The number of urea groups is 2. The number of carbonyl (C=O) groups excluding carboxylic acids is 3. The number of nitrogens with one attached hydrogen (secondary N) is 4. The van der Waals surface area contributed by atoms with Crippen molar-refractivity contribution in [1.82, 2.24) is 44.6 Å². The van der Waals surface area contributed by atoms with Gasteiger partial charge in [-0.3, -0.25) is 14.6 Å². The third-order valence-electron chi connectivity index (χ3n) is 22.4. The van der Waals surface area contributed by atoms with Crippen molar-refractivity contribution in [2.45, 2.75) is 87.1 Å². The van der Waals surface area contributed by atoms with Crippen LogP contribution < -0.4 is 60.1 Å². The van der Waals surface area contributed by atoms with Crippen LogP contribution in [0, 0.1) is 41.5 Å². The van der Waals surface area contributed by atoms with Gasteiger partial charge in [0.05, 0.1) is 44.3 Å². The summed E-state index contributed by atoms with van der Waals surface area (Å²) in [5.74, 6) is 4.23. The molecule has 10 aromatic rings. The Bertz CT molecular complexity index is 4870. The summed E-state index contributed by atoms with van der Waals surface area (Å²) in [7, 11) is 7.08. The first-order valence-electron chi connectivity index (χ1n) is 41.0. The van der Waals surface area contributed by atoms with Gasteiger partial charge in [-0.15, -0.1) is 0 Å². The summed E-state index contributed by atoms with van der Waals surface area (Å²) in [5.41, 5.74) is 16.6. The van der Waals surface area contributed by atoms with Crippen molar-refractivity contribution in [3.05, 3.63) is 233 Å². The number of amides is 5. The summed E-state index contributed by atoms with van der Waals surface area (Å²) < 4.78 is 21.7. The molecule has 620 valence electrons. The highest BCUT2D eigenvalue weighted by molar-refractivity contribution is 6.07. The Labute approximate surface area is 695 Å². The average molecular weight is 1600 g/mol. The third kappa shape index (κ3) is 22.5. The second-order valence-electron chi connectivity index (χ2n) is 30.2. The van der Waals surface area contributed by atoms with E-state index < -0.39 is 0 Å². The zero-order chi connectivity index (χ0) is 83.0. The molecule has 4 fully saturated rings. The normalized spacial score (nSPS) is 14.7. The van der Waals surface area contributed by atoms with Crippen LogP contribution >= 0.6 is 0 Å². The number of anilines is 13. The van der Waals surface area contributed by atoms with Crippen molar-refractivity contribution >= 4 is 92.6 Å². The number of likely N-dealkylation sites (N-methyl/N-ethyl adjacent to an activating group) is 3. The summed E-state index contributed by atoms with van der Waals surface area (Å²) in [6, 6.07) is 53.7. The van der Waals surface area contributed by atoms with Gasteiger partial charge in [-0.25, -0.2) is 44.4 Å². The van der Waals surface area contributed by atoms with Gasteiger partial charge in [0, 0.05) is 182 Å². The number of para-hydroxylation sites is 2. The molecule has 4 aliphatic rings. The van der Waals surface area contributed by atoms with Crippen molar-refractivity contribution < 1.29 is 33.3 Å². The molecule has 3 aromatic heterocycles. The number of hydrogen-bond donors (Lipinski definition) is 4. The largest absolute Gasteiger partial charge is 0.497 e. The predicted octanol–water partition coefficient (Wildman–Crippen LogP) is 15.2. The summed E-state index contributed by atoms with van der Waals surface area (Å²) in [6.45, 7) is 33.5. The smallest absolute Gasteiger partial charge is 0.332 e. The monoisotopic (exact) mass is 1600 g/mol. The Kier molecular flexibility index (Phi) is 30.3. The SMILES string of the molecule is CCN1CCN(c2ccc(N(C(=O)Nc3c(C)cccc3C)c3cc(NCCOC)ncn3)cc2)CC1.CCN1CCN(c2ccc(Nc3cc(N(C(=O)Nc4c(C)cccc4C)C4CCOCC4)ncn3)cc2)CC1.COc1ccc(Cc2cc(N(C(=O)Cc3c(C)cccc3C)c3ccc(N4CCN(C)CC4)cc3)ncn2)c(OC)c1. The van der Waals surface area contributed by atoms with E-state index in [4.69, 9.17) is 18.9 Å². The third-order valence-corrected chi connectivity index (χ3v) is 22.4. The summed E-state index contributed by atoms with van der Waals surface area (Å²) in [5, 5.41) is 12.9. The number of piperazine rings is 3. The molecule has 0 radical (unpaired) electrons. The number of ether oxygens (including phenoxy) is 4. The van der Waals surface area contributed by atoms with Crippen LogP contribution in [0.4, 0.5) is 84.2 Å². The van der Waals surface area contributed by atoms with Crippen molar-refractivity contribution in [1.29, 1.82) is 0 Å². The second kappa shape index (κ2) is 41.8. The lowest BCUT2D eigenvalue weighted by Crippen LogP contribution is -2.46. The minimum Gasteiger partial charge on any atom is -0.497 e. The van der Waals surface area contributed by atoms with Gasteiger partial charge in [0.2, 0.25) is 5.91 Å². The minimum absolute atomic E-state index is 0.0155. The maximum absolute atomic E-state index is 14.1. The molecule has 0 atom stereocenters. The first-order chi connectivity index (χ1) is 57.4. The molecule has 0 bridgehead atoms. The topological polar surface area (TPSA) is 243 Å². The Balaban J connectivity index is 0.000000163. The first kappa shape index (κ1) is 85.6. The van der Waals surface area contributed by atoms with Gasteiger partial charge < -0.3 is 69.6 Å². The van der Waals surface area contributed by atoms with E-state index in [0.29, 0.717) is 61.9 Å². The summed E-state index contributed by atoms with van der Waals surface area (Å²) in [4.78, 5) is 87.9. The molecule has 0 unspecified atom stereocenters. The molecular weight excluding hydrogens is 1480 g/mol. The Morgan fingerprint density at radius 2 is 0.966 bits per heavy atom. The van der Waals surface area contributed by atoms with E-state index in [-0.39, 0.29) is 30.4 Å². The quantitative estimate of drug-likeness (QED) is 0.0389. The molecule has 0 saturated carbocycles. The van der Waals surface area contributed by atoms with Gasteiger partial charge in [0.15, 0.2) is 0 Å². The number of methoxy groups -OCH3 is 3. The van der Waals surface area contributed by atoms with Crippen LogP contribution in [-0.4, -0.2) is 215 Å². The molecule has 0 aliphatic carbocycles. The maximum atomic E-state index is 14.1. The van der Waals surface area contributed by atoms with E-state index in [1.807, 2.05) is 125 Å². The van der Waals surface area contributed by atoms with E-state index in [1.165, 1.54) is 24.7 Å². The zero-order valence-electron chi connectivity index (χ0n) is 70.5. The van der Waals surface area contributed by atoms with E-state index in [2.05, 4.69) is 176 Å². The number of rotatable bonds is 25. The molecule has 0 spiro atoms. The van der Waals surface area contributed by atoms with E-state index >= 15 is 0 Å². The Hall–Kier alpha value is -11.8. The first-order valence-corrected chi connectivity index (χ1v) is 41.0. The van der Waals surface area contributed by atoms with Crippen LogP contribution in [0.3, 0.4) is 0 Å². The lowest BCUT2D eigenvalue weighted by atomic mass is 9.99. The lowest BCUT2D eigenvalue weighted by Gasteiger charge is -2.35. The number of benzene rings is 7. The highest BCUT2D eigenvalue weighted by Gasteiger charge is 2.31. The number of aryl methyl sites for hydroxylation is 6. The van der Waals surface area contributed by atoms with Gasteiger partial charge in [0.25, 0.3) is 0 Å². The number of aromatic nitrogens is 6. The Morgan fingerprint density at radius 3 is 1.49 bits per heavy atom. The molecule has 4 saturated heterocycles. The van der Waals surface area contributed by atoms with Gasteiger partial charge >= 0.3 is 12.1 Å². The molecule has 26 nitrogen and oxygen atoms in total. The number of nitrogens with zero attached hydrogens (tertiary/aromatic N) is 15. The molecule has 7 heterocycles. The van der Waals surface area contributed by atoms with Crippen molar-refractivity contribution in [3.8, 4) is 11.5 Å². The average Bonchev–Trinajstić information content (AvgIpc) is 0.802. The fourth-order valence-electron chi connectivity index (χ4n) is 15.3. The van der Waals surface area contributed by atoms with E-state index in [1.54, 1.807) is 42.1 Å². The molecule has 26 heteroatoms. The van der Waals surface area contributed by atoms with E-state index in [9.17, 15) is 14.4 Å². The van der Waals surface area contributed by atoms with Crippen LogP contribution in [0.5, 0.6) is 11.5 Å². The van der Waals surface area contributed by atoms with Gasteiger partial charge in [-0.2, -0.15) is 0 Å². The molecule has 118 heavy (non-hydrogen) atoms. The highest BCUT2D eigenvalue weighted by atomic mass is 16.5. The van der Waals surface area contributed by atoms with Crippen LogP contribution in [-0.2, 0) is 27.1 Å². The zero-order valence-corrected chi connectivity index (χ0v) is 70.5. The fraction of sp³-hybridized carbons (Fsp3) is 0.380. The highest BCUT2D eigenvalue weighted by Crippen LogP contribution is 2.35. The maximum Gasteiger partial charge on any atom is 0.332 e. The Morgan fingerprint density at radius 1 is 0.492 bits per heavy atom. The number of carbonyl (C=O) groups is 3. The van der Waals surface area contributed by atoms with Crippen molar-refractivity contribution in [2.24, 2.45) is 0 Å². The number of hydrogen-bond acceptors (Lipinski definition) is 21. The molecule has 14 rings (SSSR count). The van der Waals surface area contributed by atoms with Gasteiger partial charge in [0.1, 0.15) is 59.6 Å². The van der Waals surface area contributed by atoms with Gasteiger partial charge in [-0.05, 0) is 192 Å². The van der Waals surface area contributed by atoms with Crippen LogP contribution in [0.2, 0.25) is 0 Å². The van der Waals surface area contributed by atoms with Crippen LogP contribution in [0.1, 0.15) is 76.9 Å². The molecule has 5 amide bonds. The van der Waals surface area contributed by atoms with Crippen molar-refractivity contribution in [2.75, 3.05) is 197 Å². The minimum atomic E-state index is -0.289. The summed E-state index contributed by atoms with van der Waals surface area (Å²) >= 11 is 0. The van der Waals surface area contributed by atoms with Crippen LogP contribution in [0.15, 0.2) is 183 Å². The molecule has 7 aromatic carbocycles. The molecule has 4 aliphatic heterocycles. The molecular formula is C92H115N19O7. The van der Waals surface area contributed by atoms with Crippen LogP contribution in [0.25, 0.3) is 0 Å². The second-order valence-corrected chi connectivity index (χ2v) is 30.2. The van der Waals surface area contributed by atoms with E-state index in [0.717, 1.165) is 206 Å². The fourth-order valence-corrected chi connectivity index (χ4v) is 15.3. The summed E-state index contributed by atoms with van der Waals surface area (Å²) in [6.07, 6.45) is 6.79. The van der Waals surface area contributed by atoms with Crippen molar-refractivity contribution in [3.63, 3.8) is 0 Å². The van der Waals surface area contributed by atoms with Gasteiger partial charge in [-0.1, -0.05) is 74.5 Å². The lowest BCUT2D eigenvalue weighted by molar-refractivity contribution is -0.117. The standard InChI is InChI=1S/C34H39N5O3.C30H39N7O2.C28H37N7O2/c1-24-7-6-8-25(2)31(24)22-34(40)39(29-12-10-28(11-13-29)38-17-15-37(3)16-18-38)33-20-27(35-23-36-33)19-26-9-14-30(41-4)21-32(26)42-5;1-4-35-14-16-36(17-15-35)25-10-8-24(9-11-25)33-27-20-28(32-21-31-27)37(26-12-18-39-19-13-26)30(38)34-29-22(2)6-5-7-23(29)3;1-5-33-14-16-34(17-15-33)23-9-11-24(12-10-23)35(26-19-25(30-20-31-26)29-13-18-37-4)28(36)32-27-21(2)7-6-8-22(27)3/h6-14,20-21,23H,15-19,22H2,1-5H3;5-11,20-21,26H,4,12-19H2,1-3H3,(H,34,38)(H,31,32,33);6-12,19-20H,5,13-18H2,1-4H3,(H,32,36)(H,29,30,31). The predicted molar refractivity (Wildman–Crippen MR) is 475 cm³/mol. The molecule has 4 N–H and O–H groups in total.